The minimum Gasteiger partial charge on any atom is -0.490 e. The summed E-state index contributed by atoms with van der Waals surface area (Å²) in [5, 5.41) is 11.0. The zero-order valence-electron chi connectivity index (χ0n) is 18.1. The Morgan fingerprint density at radius 2 is 1.90 bits per heavy atom. The second-order valence-corrected chi connectivity index (χ2v) is 6.47. The van der Waals surface area contributed by atoms with Crippen molar-refractivity contribution in [3.8, 4) is 11.5 Å². The molecule has 7 nitrogen and oxygen atoms in total. The number of guanidine groups is 1. The van der Waals surface area contributed by atoms with Gasteiger partial charge in [0.1, 0.15) is 0 Å². The second kappa shape index (κ2) is 13.3. The molecule has 0 amide bonds. The highest BCUT2D eigenvalue weighted by molar-refractivity contribution is 14.0. The smallest absolute Gasteiger partial charge is 0.191 e. The van der Waals surface area contributed by atoms with Gasteiger partial charge in [-0.15, -0.1) is 24.0 Å². The number of aromatic nitrogens is 2. The fourth-order valence-corrected chi connectivity index (χ4v) is 2.84. The monoisotopic (exact) mass is 515 g/mol. The molecule has 2 rings (SSSR count). The van der Waals surface area contributed by atoms with E-state index in [-0.39, 0.29) is 30.0 Å². The van der Waals surface area contributed by atoms with Crippen molar-refractivity contribution in [2.45, 2.75) is 40.2 Å². The van der Waals surface area contributed by atoms with E-state index in [1.165, 1.54) is 5.56 Å². The number of benzene rings is 1. The van der Waals surface area contributed by atoms with Crippen LogP contribution in [0.25, 0.3) is 0 Å². The van der Waals surface area contributed by atoms with Crippen LogP contribution < -0.4 is 20.1 Å². The maximum absolute atomic E-state index is 5.74. The van der Waals surface area contributed by atoms with Gasteiger partial charge in [0.15, 0.2) is 17.5 Å². The molecular weight excluding hydrogens is 481 g/mol. The van der Waals surface area contributed by atoms with Crippen molar-refractivity contribution < 1.29 is 9.47 Å². The van der Waals surface area contributed by atoms with Gasteiger partial charge in [0.2, 0.25) is 0 Å². The fraction of sp³-hybridized carbons (Fsp3) is 0.524. The molecule has 0 aliphatic heterocycles. The van der Waals surface area contributed by atoms with Crippen LogP contribution in [0.1, 0.15) is 44.9 Å². The van der Waals surface area contributed by atoms with E-state index in [9.17, 15) is 0 Å². The normalized spacial score (nSPS) is 12.1. The molecule has 2 aromatic rings. The van der Waals surface area contributed by atoms with Crippen molar-refractivity contribution in [2.75, 3.05) is 26.3 Å². The fourth-order valence-electron chi connectivity index (χ4n) is 2.84. The van der Waals surface area contributed by atoms with Crippen molar-refractivity contribution in [1.82, 2.24) is 20.4 Å². The average molecular weight is 515 g/mol. The summed E-state index contributed by atoms with van der Waals surface area (Å²) in [5.74, 6) is 2.34. The van der Waals surface area contributed by atoms with Crippen LogP contribution in [-0.4, -0.2) is 42.0 Å². The van der Waals surface area contributed by atoms with Crippen LogP contribution in [0, 0.1) is 0 Å². The first-order valence-corrected chi connectivity index (χ1v) is 9.99. The third-order valence-electron chi connectivity index (χ3n) is 4.19. The Morgan fingerprint density at radius 1 is 1.17 bits per heavy atom. The van der Waals surface area contributed by atoms with Gasteiger partial charge in [-0.3, -0.25) is 9.67 Å². The molecule has 8 heteroatoms. The predicted molar refractivity (Wildman–Crippen MR) is 129 cm³/mol. The van der Waals surface area contributed by atoms with Crippen LogP contribution in [0.3, 0.4) is 0 Å². The molecule has 0 saturated heterocycles. The number of halogens is 1. The third-order valence-corrected chi connectivity index (χ3v) is 4.19. The molecule has 0 spiro atoms. The van der Waals surface area contributed by atoms with E-state index in [2.05, 4.69) is 35.6 Å². The summed E-state index contributed by atoms with van der Waals surface area (Å²) in [5.41, 5.74) is 2.30. The summed E-state index contributed by atoms with van der Waals surface area (Å²) >= 11 is 0. The summed E-state index contributed by atoms with van der Waals surface area (Å²) in [6, 6.07) is 6.13. The molecular formula is C21H34IN5O2. The number of hydrogen-bond acceptors (Lipinski definition) is 4. The number of nitrogens with one attached hydrogen (secondary N) is 2. The quantitative estimate of drug-likeness (QED) is 0.287. The van der Waals surface area contributed by atoms with E-state index < -0.39 is 0 Å². The van der Waals surface area contributed by atoms with Crippen molar-refractivity contribution in [2.24, 2.45) is 12.0 Å². The summed E-state index contributed by atoms with van der Waals surface area (Å²) in [7, 11) is 1.92. The van der Waals surface area contributed by atoms with Gasteiger partial charge in [-0.2, -0.15) is 5.10 Å². The lowest BCUT2D eigenvalue weighted by Gasteiger charge is -2.20. The highest BCUT2D eigenvalue weighted by Gasteiger charge is 2.12. The molecule has 0 radical (unpaired) electrons. The van der Waals surface area contributed by atoms with Gasteiger partial charge >= 0.3 is 0 Å². The standard InChI is InChI=1S/C21H33N5O2.HI/c1-6-22-21(23-12-11-17-14-24-26(5)15-17)25-16(4)18-9-10-19(27-7-2)20(13-18)28-8-3;/h9-10,13-16H,6-8,11-12H2,1-5H3,(H2,22,23,25);1H. The molecule has 29 heavy (non-hydrogen) atoms. The van der Waals surface area contributed by atoms with Gasteiger partial charge in [0.05, 0.1) is 25.5 Å². The number of rotatable bonds is 10. The van der Waals surface area contributed by atoms with Crippen LogP contribution in [0.15, 0.2) is 35.6 Å². The lowest BCUT2D eigenvalue weighted by molar-refractivity contribution is 0.287. The Morgan fingerprint density at radius 3 is 2.52 bits per heavy atom. The Bertz CT molecular complexity index is 763. The Balaban J connectivity index is 0.00000420. The zero-order valence-corrected chi connectivity index (χ0v) is 20.4. The molecule has 1 heterocycles. The second-order valence-electron chi connectivity index (χ2n) is 6.47. The molecule has 0 saturated carbocycles. The first kappa shape index (κ1) is 25.1. The number of nitrogens with zero attached hydrogens (tertiary/aromatic N) is 3. The number of ether oxygens (including phenoxy) is 2. The lowest BCUT2D eigenvalue weighted by atomic mass is 10.1. The van der Waals surface area contributed by atoms with Crippen molar-refractivity contribution >= 4 is 29.9 Å². The van der Waals surface area contributed by atoms with Gasteiger partial charge in [-0.25, -0.2) is 0 Å². The molecule has 0 aliphatic rings. The molecule has 1 atom stereocenters. The van der Waals surface area contributed by atoms with Crippen LogP contribution in [0.5, 0.6) is 11.5 Å². The summed E-state index contributed by atoms with van der Waals surface area (Å²) in [6.07, 6.45) is 4.76. The van der Waals surface area contributed by atoms with E-state index in [1.54, 1.807) is 0 Å². The zero-order chi connectivity index (χ0) is 20.4. The average Bonchev–Trinajstić information content (AvgIpc) is 3.08. The van der Waals surface area contributed by atoms with Crippen molar-refractivity contribution in [3.63, 3.8) is 0 Å². The first-order chi connectivity index (χ1) is 13.6. The first-order valence-electron chi connectivity index (χ1n) is 9.99. The number of aryl methyl sites for hydroxylation is 1. The highest BCUT2D eigenvalue weighted by Crippen LogP contribution is 2.30. The van der Waals surface area contributed by atoms with E-state index in [4.69, 9.17) is 14.5 Å². The molecule has 0 bridgehead atoms. The Kier molecular flexibility index (Phi) is 11.5. The third kappa shape index (κ3) is 8.12. The summed E-state index contributed by atoms with van der Waals surface area (Å²) < 4.78 is 13.2. The molecule has 0 aliphatic carbocycles. The van der Waals surface area contributed by atoms with Crippen molar-refractivity contribution in [3.05, 3.63) is 41.7 Å². The lowest BCUT2D eigenvalue weighted by Crippen LogP contribution is -2.38. The highest BCUT2D eigenvalue weighted by atomic mass is 127. The van der Waals surface area contributed by atoms with Crippen LogP contribution >= 0.6 is 24.0 Å². The molecule has 2 N–H and O–H groups in total. The molecule has 1 aromatic carbocycles. The largest absolute Gasteiger partial charge is 0.490 e. The van der Waals surface area contributed by atoms with Crippen LogP contribution in [-0.2, 0) is 13.5 Å². The Hall–Kier alpha value is -1.97. The molecule has 162 valence electrons. The predicted octanol–water partition coefficient (Wildman–Crippen LogP) is 3.69. The van der Waals surface area contributed by atoms with E-state index in [0.717, 1.165) is 36.0 Å². The van der Waals surface area contributed by atoms with Gasteiger partial charge in [0, 0.05) is 26.3 Å². The summed E-state index contributed by atoms with van der Waals surface area (Å²) in [6.45, 7) is 10.8. The molecule has 0 fully saturated rings. The Labute approximate surface area is 191 Å². The van der Waals surface area contributed by atoms with Gasteiger partial charge < -0.3 is 20.1 Å². The number of hydrogen-bond donors (Lipinski definition) is 2. The van der Waals surface area contributed by atoms with Crippen LogP contribution in [0.4, 0.5) is 0 Å². The molecule has 1 unspecified atom stereocenters. The van der Waals surface area contributed by atoms with Gasteiger partial charge in [0.25, 0.3) is 0 Å². The van der Waals surface area contributed by atoms with E-state index in [1.807, 2.05) is 50.1 Å². The van der Waals surface area contributed by atoms with E-state index in [0.29, 0.717) is 19.8 Å². The minimum absolute atomic E-state index is 0. The number of aliphatic imine (C=N–C) groups is 1. The van der Waals surface area contributed by atoms with Crippen molar-refractivity contribution in [1.29, 1.82) is 0 Å². The molecule has 1 aromatic heterocycles. The maximum atomic E-state index is 5.74. The summed E-state index contributed by atoms with van der Waals surface area (Å²) in [4.78, 5) is 4.69. The maximum Gasteiger partial charge on any atom is 0.191 e. The van der Waals surface area contributed by atoms with Gasteiger partial charge in [-0.05, 0) is 57.4 Å². The minimum atomic E-state index is 0. The van der Waals surface area contributed by atoms with Gasteiger partial charge in [-0.1, -0.05) is 6.07 Å². The van der Waals surface area contributed by atoms with Crippen LogP contribution in [0.2, 0.25) is 0 Å². The SMILES string of the molecule is CCNC(=NCCc1cnn(C)c1)NC(C)c1ccc(OCC)c(OCC)c1.I. The van der Waals surface area contributed by atoms with E-state index >= 15 is 0 Å². The topological polar surface area (TPSA) is 72.7 Å².